The van der Waals surface area contributed by atoms with Gasteiger partial charge in [0, 0.05) is 37.1 Å². The van der Waals surface area contributed by atoms with Crippen LogP contribution in [0.2, 0.25) is 5.02 Å². The van der Waals surface area contributed by atoms with E-state index in [-0.39, 0.29) is 42.2 Å². The number of halogens is 4. The molecule has 0 saturated heterocycles. The smallest absolute Gasteiger partial charge is 0.387 e. The van der Waals surface area contributed by atoms with Crippen LogP contribution in [0, 0.1) is 0 Å². The third kappa shape index (κ3) is 10.3. The second kappa shape index (κ2) is 12.9. The van der Waals surface area contributed by atoms with Crippen molar-refractivity contribution in [3.63, 3.8) is 0 Å². The first-order valence-corrected chi connectivity index (χ1v) is 7.80. The van der Waals surface area contributed by atoms with Crippen LogP contribution >= 0.6 is 35.6 Å². The Morgan fingerprint density at radius 1 is 1.28 bits per heavy atom. The first-order valence-electron chi connectivity index (χ1n) is 7.42. The zero-order valence-corrected chi connectivity index (χ0v) is 17.0. The van der Waals surface area contributed by atoms with Gasteiger partial charge in [-0.1, -0.05) is 11.6 Å². The van der Waals surface area contributed by atoms with E-state index in [1.54, 1.807) is 0 Å². The largest absolute Gasteiger partial charge is 0.434 e. The highest BCUT2D eigenvalue weighted by Gasteiger charge is 2.10. The predicted molar refractivity (Wildman–Crippen MR) is 105 cm³/mol. The summed E-state index contributed by atoms with van der Waals surface area (Å²) < 4.78 is 29.4. The van der Waals surface area contributed by atoms with Crippen LogP contribution < -0.4 is 20.7 Å². The standard InChI is InChI=1S/C15H21ClF2N4O2.HI/c1-3-19-15(21-7-6-20-10(2)23)22-9-11-8-12(16)4-5-13(11)24-14(17)18;/h4-5,8,14H,3,6-7,9H2,1-2H3,(H,20,23)(H2,19,21,22);1H. The van der Waals surface area contributed by atoms with Crippen LogP contribution in [0.1, 0.15) is 19.4 Å². The summed E-state index contributed by atoms with van der Waals surface area (Å²) in [5.74, 6) is 0.407. The van der Waals surface area contributed by atoms with E-state index in [1.165, 1.54) is 25.1 Å². The van der Waals surface area contributed by atoms with Crippen LogP contribution in [0.15, 0.2) is 23.2 Å². The molecule has 0 aliphatic rings. The third-order valence-corrected chi connectivity index (χ3v) is 3.02. The van der Waals surface area contributed by atoms with Crippen molar-refractivity contribution in [1.82, 2.24) is 16.0 Å². The van der Waals surface area contributed by atoms with E-state index in [0.29, 0.717) is 36.2 Å². The second-order valence-corrected chi connectivity index (χ2v) is 5.17. The molecule has 6 nitrogen and oxygen atoms in total. The van der Waals surface area contributed by atoms with Crippen molar-refractivity contribution in [3.05, 3.63) is 28.8 Å². The SMILES string of the molecule is CCNC(=NCc1cc(Cl)ccc1OC(F)F)NCCNC(C)=O.I. The molecular formula is C15H22ClF2IN4O2. The van der Waals surface area contributed by atoms with Gasteiger partial charge in [-0.3, -0.25) is 4.79 Å². The van der Waals surface area contributed by atoms with Gasteiger partial charge in [0.1, 0.15) is 5.75 Å². The number of rotatable bonds is 8. The molecule has 0 spiro atoms. The predicted octanol–water partition coefficient (Wildman–Crippen LogP) is 2.75. The fourth-order valence-corrected chi connectivity index (χ4v) is 2.00. The zero-order chi connectivity index (χ0) is 17.9. The van der Waals surface area contributed by atoms with Crippen molar-refractivity contribution in [2.45, 2.75) is 27.0 Å². The average Bonchev–Trinajstić information content (AvgIpc) is 2.50. The molecule has 0 saturated carbocycles. The summed E-state index contributed by atoms with van der Waals surface area (Å²) in [4.78, 5) is 15.1. The fraction of sp³-hybridized carbons (Fsp3) is 0.467. The van der Waals surface area contributed by atoms with Crippen LogP contribution in [0.3, 0.4) is 0 Å². The Labute approximate surface area is 167 Å². The second-order valence-electron chi connectivity index (χ2n) is 4.74. The number of hydrogen-bond donors (Lipinski definition) is 3. The zero-order valence-electron chi connectivity index (χ0n) is 13.9. The first kappa shape index (κ1) is 23.6. The average molecular weight is 491 g/mol. The van der Waals surface area contributed by atoms with Gasteiger partial charge in [0.15, 0.2) is 5.96 Å². The summed E-state index contributed by atoms with van der Waals surface area (Å²) in [6.07, 6.45) is 0. The number of guanidine groups is 1. The van der Waals surface area contributed by atoms with Gasteiger partial charge in [0.05, 0.1) is 6.54 Å². The number of nitrogens with zero attached hydrogens (tertiary/aromatic N) is 1. The molecule has 25 heavy (non-hydrogen) atoms. The lowest BCUT2D eigenvalue weighted by Gasteiger charge is -2.13. The van der Waals surface area contributed by atoms with Crippen molar-refractivity contribution < 1.29 is 18.3 Å². The van der Waals surface area contributed by atoms with Crippen molar-refractivity contribution in [2.24, 2.45) is 4.99 Å². The van der Waals surface area contributed by atoms with Crippen LogP contribution in [0.25, 0.3) is 0 Å². The highest BCUT2D eigenvalue weighted by molar-refractivity contribution is 14.0. The van der Waals surface area contributed by atoms with Crippen molar-refractivity contribution in [2.75, 3.05) is 19.6 Å². The van der Waals surface area contributed by atoms with Gasteiger partial charge >= 0.3 is 6.61 Å². The maximum Gasteiger partial charge on any atom is 0.387 e. The molecule has 0 fully saturated rings. The van der Waals surface area contributed by atoms with Gasteiger partial charge in [0.25, 0.3) is 0 Å². The molecule has 3 N–H and O–H groups in total. The minimum atomic E-state index is -2.92. The Morgan fingerprint density at radius 2 is 1.96 bits per heavy atom. The number of ether oxygens (including phenoxy) is 1. The van der Waals surface area contributed by atoms with Gasteiger partial charge in [-0.2, -0.15) is 8.78 Å². The van der Waals surface area contributed by atoms with Crippen molar-refractivity contribution in [1.29, 1.82) is 0 Å². The summed E-state index contributed by atoms with van der Waals surface area (Å²) in [7, 11) is 0. The van der Waals surface area contributed by atoms with E-state index >= 15 is 0 Å². The van der Waals surface area contributed by atoms with E-state index in [2.05, 4.69) is 25.7 Å². The molecule has 1 amide bonds. The minimum Gasteiger partial charge on any atom is -0.434 e. The highest BCUT2D eigenvalue weighted by atomic mass is 127. The lowest BCUT2D eigenvalue weighted by Crippen LogP contribution is -2.41. The molecule has 10 heteroatoms. The van der Waals surface area contributed by atoms with Gasteiger partial charge in [0.2, 0.25) is 5.91 Å². The molecule has 0 aromatic heterocycles. The molecule has 0 atom stereocenters. The Balaban J connectivity index is 0.00000576. The Morgan fingerprint density at radius 3 is 2.56 bits per heavy atom. The van der Waals surface area contributed by atoms with Crippen LogP contribution in [-0.4, -0.2) is 38.1 Å². The summed E-state index contributed by atoms with van der Waals surface area (Å²) >= 11 is 5.90. The highest BCUT2D eigenvalue weighted by Crippen LogP contribution is 2.25. The molecule has 0 bridgehead atoms. The van der Waals surface area contributed by atoms with Crippen molar-refractivity contribution in [3.8, 4) is 5.75 Å². The molecule has 0 heterocycles. The minimum absolute atomic E-state index is 0. The first-order chi connectivity index (χ1) is 11.4. The number of hydrogen-bond acceptors (Lipinski definition) is 3. The maximum atomic E-state index is 12.4. The fourth-order valence-electron chi connectivity index (χ4n) is 1.81. The van der Waals surface area contributed by atoms with Crippen LogP contribution in [0.4, 0.5) is 8.78 Å². The lowest BCUT2D eigenvalue weighted by molar-refractivity contribution is -0.118. The lowest BCUT2D eigenvalue weighted by atomic mass is 10.2. The number of benzene rings is 1. The molecule has 1 aromatic rings. The molecule has 1 rings (SSSR count). The van der Waals surface area contributed by atoms with Crippen LogP contribution in [-0.2, 0) is 11.3 Å². The van der Waals surface area contributed by atoms with E-state index in [9.17, 15) is 13.6 Å². The van der Waals surface area contributed by atoms with Crippen LogP contribution in [0.5, 0.6) is 5.75 Å². The Bertz CT molecular complexity index is 576. The number of carbonyl (C=O) groups excluding carboxylic acids is 1. The monoisotopic (exact) mass is 490 g/mol. The van der Waals surface area contributed by atoms with Gasteiger partial charge in [-0.25, -0.2) is 4.99 Å². The topological polar surface area (TPSA) is 74.8 Å². The Hall–Kier alpha value is -1.36. The summed E-state index contributed by atoms with van der Waals surface area (Å²) in [6.45, 7) is 2.06. The van der Waals surface area contributed by atoms with Gasteiger partial charge in [-0.05, 0) is 25.1 Å². The van der Waals surface area contributed by atoms with Gasteiger partial charge < -0.3 is 20.7 Å². The van der Waals surface area contributed by atoms with E-state index in [0.717, 1.165) is 0 Å². The molecule has 1 aromatic carbocycles. The molecule has 0 radical (unpaired) electrons. The van der Waals surface area contributed by atoms with Gasteiger partial charge in [-0.15, -0.1) is 24.0 Å². The maximum absolute atomic E-state index is 12.4. The molecule has 0 aliphatic carbocycles. The molecule has 0 aliphatic heterocycles. The Kier molecular flexibility index (Phi) is 12.2. The summed E-state index contributed by atoms with van der Waals surface area (Å²) in [5.41, 5.74) is 0.446. The molecule has 0 unspecified atom stereocenters. The number of carbonyl (C=O) groups is 1. The van der Waals surface area contributed by atoms with Crippen molar-refractivity contribution >= 4 is 47.4 Å². The summed E-state index contributed by atoms with van der Waals surface area (Å²) in [5, 5.41) is 9.10. The number of amides is 1. The number of nitrogens with one attached hydrogen (secondary N) is 3. The molecular weight excluding hydrogens is 469 g/mol. The quantitative estimate of drug-likeness (QED) is 0.227. The van der Waals surface area contributed by atoms with E-state index in [4.69, 9.17) is 11.6 Å². The third-order valence-electron chi connectivity index (χ3n) is 2.78. The van der Waals surface area contributed by atoms with E-state index < -0.39 is 6.61 Å². The molecule has 142 valence electrons. The van der Waals surface area contributed by atoms with E-state index in [1.807, 2.05) is 6.92 Å². The number of aliphatic imine (C=N–C) groups is 1. The number of alkyl halides is 2. The normalized spacial score (nSPS) is 10.9. The summed E-state index contributed by atoms with van der Waals surface area (Å²) in [6, 6.07) is 4.39.